The zero-order valence-corrected chi connectivity index (χ0v) is 17.9. The summed E-state index contributed by atoms with van der Waals surface area (Å²) >= 11 is 0. The predicted octanol–water partition coefficient (Wildman–Crippen LogP) is 2.83. The Morgan fingerprint density at radius 1 is 0.906 bits per heavy atom. The Hall–Kier alpha value is -3.61. The Morgan fingerprint density at radius 3 is 2.38 bits per heavy atom. The number of nitrogens with zero attached hydrogens (tertiary/aromatic N) is 4. The van der Waals surface area contributed by atoms with E-state index in [1.165, 1.54) is 11.9 Å². The molecule has 2 amide bonds. The Balaban J connectivity index is 1.31. The highest BCUT2D eigenvalue weighted by Crippen LogP contribution is 2.35. The van der Waals surface area contributed by atoms with Crippen molar-refractivity contribution < 1.29 is 9.59 Å². The molecule has 1 saturated heterocycles. The van der Waals surface area contributed by atoms with Gasteiger partial charge in [-0.2, -0.15) is 0 Å². The maximum absolute atomic E-state index is 13.7. The van der Waals surface area contributed by atoms with Crippen molar-refractivity contribution in [1.29, 1.82) is 0 Å². The Labute approximate surface area is 187 Å². The molecule has 4 heterocycles. The fourth-order valence-electron chi connectivity index (χ4n) is 4.92. The third-order valence-corrected chi connectivity index (χ3v) is 6.64. The van der Waals surface area contributed by atoms with Crippen LogP contribution in [-0.4, -0.2) is 45.9 Å². The van der Waals surface area contributed by atoms with Gasteiger partial charge in [0.15, 0.2) is 0 Å². The summed E-state index contributed by atoms with van der Waals surface area (Å²) in [7, 11) is 0. The van der Waals surface area contributed by atoms with E-state index in [0.717, 1.165) is 50.4 Å². The fraction of sp³-hybridized carbons (Fsp3) is 0.320. The number of carbonyl (C=O) groups excluding carboxylic acids is 2. The van der Waals surface area contributed by atoms with E-state index in [0.29, 0.717) is 5.56 Å². The average molecular weight is 430 g/mol. The second-order valence-corrected chi connectivity index (χ2v) is 8.50. The number of aromatic nitrogens is 2. The van der Waals surface area contributed by atoms with E-state index in [1.807, 2.05) is 24.3 Å². The zero-order valence-electron chi connectivity index (χ0n) is 17.9. The normalized spacial score (nSPS) is 18.9. The second kappa shape index (κ2) is 8.49. The lowest BCUT2D eigenvalue weighted by atomic mass is 9.92. The summed E-state index contributed by atoms with van der Waals surface area (Å²) in [5, 5.41) is 0. The summed E-state index contributed by atoms with van der Waals surface area (Å²) in [4.78, 5) is 33.6. The molecule has 2 aromatic heterocycles. The fourth-order valence-corrected chi connectivity index (χ4v) is 4.92. The van der Waals surface area contributed by atoms with Gasteiger partial charge >= 0.3 is 0 Å². The summed E-state index contributed by atoms with van der Waals surface area (Å²) in [6.07, 6.45) is 5.19. The molecule has 0 spiro atoms. The molecule has 1 unspecified atom stereocenters. The van der Waals surface area contributed by atoms with Crippen molar-refractivity contribution in [3.8, 4) is 0 Å². The van der Waals surface area contributed by atoms with Crippen LogP contribution in [0, 0.1) is 5.92 Å². The summed E-state index contributed by atoms with van der Waals surface area (Å²) in [5.74, 6) is 0.583. The number of hydrogen-bond acceptors (Lipinski definition) is 4. The lowest BCUT2D eigenvalue weighted by Gasteiger charge is -2.41. The van der Waals surface area contributed by atoms with Crippen LogP contribution >= 0.6 is 0 Å². The highest BCUT2D eigenvalue weighted by molar-refractivity contribution is 5.92. The van der Waals surface area contributed by atoms with Gasteiger partial charge in [-0.05, 0) is 42.7 Å². The molecule has 164 valence electrons. The number of benzene rings is 1. The van der Waals surface area contributed by atoms with Gasteiger partial charge in [0.1, 0.15) is 5.82 Å². The number of piperidine rings is 1. The molecule has 2 aliphatic rings. The van der Waals surface area contributed by atoms with Crippen molar-refractivity contribution in [2.75, 3.05) is 24.5 Å². The van der Waals surface area contributed by atoms with E-state index in [2.05, 4.69) is 49.8 Å². The number of fused-ring (bicyclic) bond motifs is 1. The zero-order chi connectivity index (χ0) is 22.1. The number of pyridine rings is 1. The van der Waals surface area contributed by atoms with Crippen LogP contribution in [0.2, 0.25) is 0 Å². The Kier molecular flexibility index (Phi) is 5.39. The predicted molar refractivity (Wildman–Crippen MR) is 122 cm³/mol. The molecule has 32 heavy (non-hydrogen) atoms. The lowest BCUT2D eigenvalue weighted by molar-refractivity contribution is -0.139. The topological polar surface area (TPSA) is 84.5 Å². The van der Waals surface area contributed by atoms with E-state index in [1.54, 1.807) is 6.07 Å². The SMILES string of the molecule is NC(=O)c1ccc(N2CCC(C(=O)N3CCn4cccc4C3c3ccccc3)CC2)nc1. The van der Waals surface area contributed by atoms with Crippen LogP contribution in [0.4, 0.5) is 5.82 Å². The van der Waals surface area contributed by atoms with Gasteiger partial charge in [-0.15, -0.1) is 0 Å². The monoisotopic (exact) mass is 429 g/mol. The molecule has 2 N–H and O–H groups in total. The number of primary amides is 1. The van der Waals surface area contributed by atoms with Gasteiger partial charge in [0, 0.05) is 50.2 Å². The first-order valence-corrected chi connectivity index (χ1v) is 11.1. The number of anilines is 1. The first kappa shape index (κ1) is 20.3. The largest absolute Gasteiger partial charge is 0.366 e. The summed E-state index contributed by atoms with van der Waals surface area (Å²) in [5.41, 5.74) is 8.03. The average Bonchev–Trinajstić information content (AvgIpc) is 3.33. The van der Waals surface area contributed by atoms with Gasteiger partial charge in [0.2, 0.25) is 11.8 Å². The van der Waals surface area contributed by atoms with Crippen molar-refractivity contribution in [2.24, 2.45) is 11.7 Å². The number of rotatable bonds is 4. The summed E-state index contributed by atoms with van der Waals surface area (Å²) in [6, 6.07) is 18.0. The molecule has 0 saturated carbocycles. The van der Waals surface area contributed by atoms with Crippen molar-refractivity contribution in [2.45, 2.75) is 25.4 Å². The van der Waals surface area contributed by atoms with Crippen molar-refractivity contribution in [3.63, 3.8) is 0 Å². The van der Waals surface area contributed by atoms with Crippen LogP contribution in [0.3, 0.4) is 0 Å². The van der Waals surface area contributed by atoms with Gasteiger partial charge < -0.3 is 20.1 Å². The molecule has 1 aromatic carbocycles. The summed E-state index contributed by atoms with van der Waals surface area (Å²) < 4.78 is 2.26. The van der Waals surface area contributed by atoms with E-state index < -0.39 is 5.91 Å². The number of hydrogen-bond donors (Lipinski definition) is 1. The standard InChI is InChI=1S/C25H27N5O2/c26-24(31)20-8-9-22(27-17-20)29-13-10-19(11-14-29)25(32)30-16-15-28-12-4-7-21(28)23(30)18-5-2-1-3-6-18/h1-9,12,17,19,23H,10-11,13-16H2,(H2,26,31). The minimum atomic E-state index is -0.478. The van der Waals surface area contributed by atoms with Crippen LogP contribution in [0.15, 0.2) is 67.0 Å². The third kappa shape index (κ3) is 3.75. The van der Waals surface area contributed by atoms with Crippen LogP contribution < -0.4 is 10.6 Å². The number of carbonyl (C=O) groups is 2. The first-order chi connectivity index (χ1) is 15.6. The first-order valence-electron chi connectivity index (χ1n) is 11.1. The Bertz CT molecular complexity index is 1100. The number of nitrogens with two attached hydrogens (primary N) is 1. The van der Waals surface area contributed by atoms with Crippen LogP contribution in [0.5, 0.6) is 0 Å². The molecule has 7 heteroatoms. The molecule has 1 atom stereocenters. The molecular formula is C25H27N5O2. The van der Waals surface area contributed by atoms with Gasteiger partial charge in [0.25, 0.3) is 0 Å². The van der Waals surface area contributed by atoms with E-state index in [4.69, 9.17) is 5.73 Å². The maximum Gasteiger partial charge on any atom is 0.250 e. The molecule has 1 fully saturated rings. The quantitative estimate of drug-likeness (QED) is 0.691. The summed E-state index contributed by atoms with van der Waals surface area (Å²) in [6.45, 7) is 3.07. The molecule has 3 aromatic rings. The highest BCUT2D eigenvalue weighted by atomic mass is 16.2. The highest BCUT2D eigenvalue weighted by Gasteiger charge is 2.36. The molecule has 0 aliphatic carbocycles. The molecular weight excluding hydrogens is 402 g/mol. The van der Waals surface area contributed by atoms with Crippen LogP contribution in [0.1, 0.15) is 40.5 Å². The van der Waals surface area contributed by atoms with E-state index >= 15 is 0 Å². The molecule has 0 radical (unpaired) electrons. The maximum atomic E-state index is 13.7. The van der Waals surface area contributed by atoms with Gasteiger partial charge in [0.05, 0.1) is 11.6 Å². The van der Waals surface area contributed by atoms with E-state index in [-0.39, 0.29) is 17.9 Å². The third-order valence-electron chi connectivity index (χ3n) is 6.64. The lowest BCUT2D eigenvalue weighted by Crippen LogP contribution is -2.47. The van der Waals surface area contributed by atoms with E-state index in [9.17, 15) is 9.59 Å². The van der Waals surface area contributed by atoms with Gasteiger partial charge in [-0.1, -0.05) is 30.3 Å². The van der Waals surface area contributed by atoms with Gasteiger partial charge in [-0.25, -0.2) is 4.98 Å². The minimum absolute atomic E-state index is 0.00358. The second-order valence-electron chi connectivity index (χ2n) is 8.50. The molecule has 5 rings (SSSR count). The smallest absolute Gasteiger partial charge is 0.250 e. The van der Waals surface area contributed by atoms with Crippen molar-refractivity contribution >= 4 is 17.6 Å². The minimum Gasteiger partial charge on any atom is -0.366 e. The Morgan fingerprint density at radius 2 is 1.69 bits per heavy atom. The molecule has 0 bridgehead atoms. The van der Waals surface area contributed by atoms with Gasteiger partial charge in [-0.3, -0.25) is 9.59 Å². The number of amides is 2. The van der Waals surface area contributed by atoms with Crippen molar-refractivity contribution in [1.82, 2.24) is 14.5 Å². The van der Waals surface area contributed by atoms with Crippen molar-refractivity contribution in [3.05, 3.63) is 83.8 Å². The van der Waals surface area contributed by atoms with Crippen LogP contribution in [-0.2, 0) is 11.3 Å². The molecule has 7 nitrogen and oxygen atoms in total. The molecule has 2 aliphatic heterocycles. The van der Waals surface area contributed by atoms with Crippen LogP contribution in [0.25, 0.3) is 0 Å².